The predicted octanol–water partition coefficient (Wildman–Crippen LogP) is 2.09. The summed E-state index contributed by atoms with van der Waals surface area (Å²) in [6, 6.07) is 4.14. The molecule has 2 N–H and O–H groups in total. The molecule has 106 valence electrons. The minimum atomic E-state index is 0.145. The molecule has 4 nitrogen and oxygen atoms in total. The van der Waals surface area contributed by atoms with Crippen molar-refractivity contribution in [1.82, 2.24) is 4.98 Å². The average molecular weight is 264 g/mol. The molecule has 0 aliphatic carbocycles. The van der Waals surface area contributed by atoms with Gasteiger partial charge in [-0.15, -0.1) is 0 Å². The van der Waals surface area contributed by atoms with Gasteiger partial charge < -0.3 is 15.2 Å². The molecule has 1 aromatic rings. The minimum absolute atomic E-state index is 0.145. The Morgan fingerprint density at radius 2 is 2.37 bits per heavy atom. The summed E-state index contributed by atoms with van der Waals surface area (Å²) in [5.74, 6) is 1.38. The number of pyridine rings is 1. The first kappa shape index (κ1) is 14.3. The van der Waals surface area contributed by atoms with Crippen molar-refractivity contribution in [2.24, 2.45) is 11.7 Å². The van der Waals surface area contributed by atoms with E-state index in [-0.39, 0.29) is 6.04 Å². The quantitative estimate of drug-likeness (QED) is 0.854. The van der Waals surface area contributed by atoms with Crippen LogP contribution in [0.25, 0.3) is 0 Å². The van der Waals surface area contributed by atoms with Crippen molar-refractivity contribution in [2.45, 2.75) is 39.2 Å². The fraction of sp³-hybridized carbons (Fsp3) is 0.667. The van der Waals surface area contributed by atoms with E-state index in [9.17, 15) is 0 Å². The van der Waals surface area contributed by atoms with Gasteiger partial charge in [-0.05, 0) is 31.9 Å². The first-order chi connectivity index (χ1) is 9.19. The van der Waals surface area contributed by atoms with Crippen LogP contribution in [0.1, 0.15) is 31.2 Å². The van der Waals surface area contributed by atoms with Gasteiger partial charge >= 0.3 is 0 Å². The average Bonchev–Trinajstić information content (AvgIpc) is 2.91. The summed E-state index contributed by atoms with van der Waals surface area (Å²) < 4.78 is 11.3. The lowest BCUT2D eigenvalue weighted by molar-refractivity contribution is 0.166. The topological polar surface area (TPSA) is 57.4 Å². The SMILES string of the molecule is CCC(N)Cc1nc(C)ccc1OCC1CCOC1. The molecule has 4 heteroatoms. The number of nitrogens with two attached hydrogens (primary N) is 1. The summed E-state index contributed by atoms with van der Waals surface area (Å²) in [5, 5.41) is 0. The first-order valence-corrected chi connectivity index (χ1v) is 7.11. The van der Waals surface area contributed by atoms with Crippen LogP contribution in [0.2, 0.25) is 0 Å². The summed E-state index contributed by atoms with van der Waals surface area (Å²) >= 11 is 0. The van der Waals surface area contributed by atoms with E-state index in [1.165, 1.54) is 0 Å². The molecule has 1 aromatic heterocycles. The van der Waals surface area contributed by atoms with Crippen molar-refractivity contribution >= 4 is 0 Å². The van der Waals surface area contributed by atoms with Crippen LogP contribution in [-0.2, 0) is 11.2 Å². The molecule has 1 fully saturated rings. The van der Waals surface area contributed by atoms with Crippen molar-refractivity contribution in [3.05, 3.63) is 23.5 Å². The Hall–Kier alpha value is -1.13. The maximum Gasteiger partial charge on any atom is 0.140 e. The fourth-order valence-electron chi connectivity index (χ4n) is 2.19. The van der Waals surface area contributed by atoms with Crippen molar-refractivity contribution < 1.29 is 9.47 Å². The van der Waals surface area contributed by atoms with Crippen LogP contribution >= 0.6 is 0 Å². The molecule has 2 heterocycles. The Morgan fingerprint density at radius 3 is 3.05 bits per heavy atom. The van der Waals surface area contributed by atoms with E-state index in [0.717, 1.165) is 49.6 Å². The Bertz CT molecular complexity index is 403. The van der Waals surface area contributed by atoms with E-state index < -0.39 is 0 Å². The van der Waals surface area contributed by atoms with Gasteiger partial charge in [0.1, 0.15) is 5.75 Å². The third-order valence-corrected chi connectivity index (χ3v) is 3.55. The van der Waals surface area contributed by atoms with E-state index >= 15 is 0 Å². The molecule has 0 radical (unpaired) electrons. The second-order valence-corrected chi connectivity index (χ2v) is 5.31. The summed E-state index contributed by atoms with van der Waals surface area (Å²) in [5.41, 5.74) is 8.02. The van der Waals surface area contributed by atoms with Gasteiger partial charge in [0, 0.05) is 30.7 Å². The Balaban J connectivity index is 2.00. The number of nitrogens with zero attached hydrogens (tertiary/aromatic N) is 1. The number of hydrogen-bond donors (Lipinski definition) is 1. The second kappa shape index (κ2) is 6.87. The van der Waals surface area contributed by atoms with Crippen molar-refractivity contribution in [3.8, 4) is 5.75 Å². The number of hydrogen-bond acceptors (Lipinski definition) is 4. The Kier molecular flexibility index (Phi) is 5.16. The van der Waals surface area contributed by atoms with Crippen LogP contribution in [0.15, 0.2) is 12.1 Å². The molecule has 0 bridgehead atoms. The molecule has 1 saturated heterocycles. The third kappa shape index (κ3) is 4.18. The monoisotopic (exact) mass is 264 g/mol. The number of rotatable bonds is 6. The van der Waals surface area contributed by atoms with Crippen molar-refractivity contribution in [2.75, 3.05) is 19.8 Å². The molecule has 0 spiro atoms. The number of aryl methyl sites for hydroxylation is 1. The van der Waals surface area contributed by atoms with E-state index in [0.29, 0.717) is 12.5 Å². The first-order valence-electron chi connectivity index (χ1n) is 7.11. The highest BCUT2D eigenvalue weighted by molar-refractivity contribution is 5.30. The van der Waals surface area contributed by atoms with Gasteiger partial charge in [0.2, 0.25) is 0 Å². The Morgan fingerprint density at radius 1 is 1.53 bits per heavy atom. The summed E-state index contributed by atoms with van der Waals surface area (Å²) in [7, 11) is 0. The van der Waals surface area contributed by atoms with E-state index in [4.69, 9.17) is 15.2 Å². The summed E-state index contributed by atoms with van der Waals surface area (Å²) in [6.07, 6.45) is 2.81. The van der Waals surface area contributed by atoms with Crippen LogP contribution in [0.3, 0.4) is 0 Å². The van der Waals surface area contributed by atoms with Gasteiger partial charge in [-0.1, -0.05) is 6.92 Å². The van der Waals surface area contributed by atoms with Crippen LogP contribution < -0.4 is 10.5 Å². The smallest absolute Gasteiger partial charge is 0.140 e. The largest absolute Gasteiger partial charge is 0.491 e. The van der Waals surface area contributed by atoms with Gasteiger partial charge in [0.25, 0.3) is 0 Å². The predicted molar refractivity (Wildman–Crippen MR) is 75.4 cm³/mol. The summed E-state index contributed by atoms with van der Waals surface area (Å²) in [4.78, 5) is 4.57. The molecule has 0 aromatic carbocycles. The highest BCUT2D eigenvalue weighted by Gasteiger charge is 2.17. The number of ether oxygens (including phenoxy) is 2. The molecular formula is C15H24N2O2. The third-order valence-electron chi connectivity index (χ3n) is 3.55. The van der Waals surface area contributed by atoms with Crippen molar-refractivity contribution in [1.29, 1.82) is 0 Å². The maximum absolute atomic E-state index is 6.03. The Labute approximate surface area is 115 Å². The normalized spacial score (nSPS) is 20.5. The molecule has 0 saturated carbocycles. The van der Waals surface area contributed by atoms with Crippen LogP contribution in [-0.4, -0.2) is 30.8 Å². The molecule has 2 unspecified atom stereocenters. The van der Waals surface area contributed by atoms with E-state index in [1.807, 2.05) is 19.1 Å². The standard InChI is InChI=1S/C15H24N2O2/c1-3-13(16)8-14-15(5-4-11(2)17-14)19-10-12-6-7-18-9-12/h4-5,12-13H,3,6-10,16H2,1-2H3. The number of aromatic nitrogens is 1. The highest BCUT2D eigenvalue weighted by atomic mass is 16.5. The molecule has 1 aliphatic heterocycles. The molecule has 19 heavy (non-hydrogen) atoms. The molecule has 1 aliphatic rings. The van der Waals surface area contributed by atoms with Gasteiger partial charge in [0.05, 0.1) is 18.9 Å². The van der Waals surface area contributed by atoms with Crippen LogP contribution in [0.4, 0.5) is 0 Å². The summed E-state index contributed by atoms with van der Waals surface area (Å²) in [6.45, 7) is 6.46. The molecule has 2 atom stereocenters. The van der Waals surface area contributed by atoms with Crippen LogP contribution in [0, 0.1) is 12.8 Å². The molecule has 0 amide bonds. The highest BCUT2D eigenvalue weighted by Crippen LogP contribution is 2.21. The lowest BCUT2D eigenvalue weighted by Gasteiger charge is -2.16. The molecular weight excluding hydrogens is 240 g/mol. The lowest BCUT2D eigenvalue weighted by atomic mass is 10.1. The van der Waals surface area contributed by atoms with Gasteiger partial charge in [0.15, 0.2) is 0 Å². The van der Waals surface area contributed by atoms with Gasteiger partial charge in [-0.3, -0.25) is 4.98 Å². The van der Waals surface area contributed by atoms with Crippen LogP contribution in [0.5, 0.6) is 5.75 Å². The zero-order chi connectivity index (χ0) is 13.7. The van der Waals surface area contributed by atoms with E-state index in [1.54, 1.807) is 0 Å². The van der Waals surface area contributed by atoms with E-state index in [2.05, 4.69) is 11.9 Å². The molecule has 2 rings (SSSR count). The zero-order valence-electron chi connectivity index (χ0n) is 11.9. The van der Waals surface area contributed by atoms with Crippen molar-refractivity contribution in [3.63, 3.8) is 0 Å². The van der Waals surface area contributed by atoms with Gasteiger partial charge in [-0.25, -0.2) is 0 Å². The minimum Gasteiger partial charge on any atom is -0.491 e. The fourth-order valence-corrected chi connectivity index (χ4v) is 2.19. The lowest BCUT2D eigenvalue weighted by Crippen LogP contribution is -2.23. The maximum atomic E-state index is 6.03. The second-order valence-electron chi connectivity index (χ2n) is 5.31. The van der Waals surface area contributed by atoms with Gasteiger partial charge in [-0.2, -0.15) is 0 Å². The zero-order valence-corrected chi connectivity index (χ0v) is 11.9.